The van der Waals surface area contributed by atoms with Crippen molar-refractivity contribution in [3.8, 4) is 0 Å². The molecule has 1 aromatic carbocycles. The molecule has 8 heteroatoms. The van der Waals surface area contributed by atoms with Gasteiger partial charge in [-0.3, -0.25) is 9.59 Å². The Kier molecular flexibility index (Phi) is 8.49. The summed E-state index contributed by atoms with van der Waals surface area (Å²) < 4.78 is 29.4. The number of rotatable bonds is 9. The maximum atomic E-state index is 13.7. The number of methoxy groups -OCH3 is 1. The summed E-state index contributed by atoms with van der Waals surface area (Å²) in [5, 5.41) is 2.69. The van der Waals surface area contributed by atoms with Crippen LogP contribution in [0.2, 0.25) is 0 Å². The van der Waals surface area contributed by atoms with E-state index in [-0.39, 0.29) is 17.3 Å². The number of benzene rings is 1. The highest BCUT2D eigenvalue weighted by Gasteiger charge is 2.41. The molecule has 1 aliphatic rings. The summed E-state index contributed by atoms with van der Waals surface area (Å²) in [7, 11) is 1.28. The average Bonchev–Trinajstić information content (AvgIpc) is 2.72. The van der Waals surface area contributed by atoms with Crippen LogP contribution in [0, 0.1) is 18.7 Å². The molecule has 1 aromatic rings. The number of hydrogen-bond acceptors (Lipinski definition) is 6. The fourth-order valence-electron chi connectivity index (χ4n) is 3.25. The van der Waals surface area contributed by atoms with Crippen LogP contribution in [0.25, 0.3) is 0 Å². The second-order valence-electron chi connectivity index (χ2n) is 7.81. The minimum atomic E-state index is -1.36. The van der Waals surface area contributed by atoms with Crippen molar-refractivity contribution in [2.24, 2.45) is 5.92 Å². The lowest BCUT2D eigenvalue weighted by Gasteiger charge is -2.35. The third kappa shape index (κ3) is 6.34. The lowest BCUT2D eigenvalue weighted by atomic mass is 9.98. The van der Waals surface area contributed by atoms with Crippen LogP contribution in [-0.4, -0.2) is 49.8 Å². The summed E-state index contributed by atoms with van der Waals surface area (Å²) in [6.07, 6.45) is 2.82. The molecule has 1 aliphatic heterocycles. The van der Waals surface area contributed by atoms with E-state index in [9.17, 15) is 18.8 Å². The standard InChI is InChI=1S/C22H30FNO6/c1-14-9-10-17(11-18(14)23)20(26)24-19(15(2)25)8-6-5-7-16-12-29-22(3,30-13-16)21(27)28-4/h9-11,16,19H,5-8,12-13H2,1-4H3,(H,24,26). The zero-order chi connectivity index (χ0) is 22.3. The van der Waals surface area contributed by atoms with Gasteiger partial charge in [-0.1, -0.05) is 18.9 Å². The quantitative estimate of drug-likeness (QED) is 0.485. The summed E-state index contributed by atoms with van der Waals surface area (Å²) in [5.41, 5.74) is 0.645. The number of amides is 1. The maximum Gasteiger partial charge on any atom is 0.366 e. The van der Waals surface area contributed by atoms with Gasteiger partial charge in [-0.25, -0.2) is 9.18 Å². The fourth-order valence-corrected chi connectivity index (χ4v) is 3.25. The van der Waals surface area contributed by atoms with Gasteiger partial charge in [0.15, 0.2) is 5.78 Å². The van der Waals surface area contributed by atoms with Crippen molar-refractivity contribution in [3.63, 3.8) is 0 Å². The van der Waals surface area contributed by atoms with E-state index in [1.165, 1.54) is 39.2 Å². The molecule has 0 spiro atoms. The number of unbranched alkanes of at least 4 members (excludes halogenated alkanes) is 1. The minimum absolute atomic E-state index is 0.142. The highest BCUT2D eigenvalue weighted by atomic mass is 19.1. The van der Waals surface area contributed by atoms with E-state index in [1.807, 2.05) is 0 Å². The first-order valence-electron chi connectivity index (χ1n) is 10.1. The Hall–Kier alpha value is -2.32. The van der Waals surface area contributed by atoms with Crippen molar-refractivity contribution in [2.75, 3.05) is 20.3 Å². The van der Waals surface area contributed by atoms with Crippen molar-refractivity contribution in [3.05, 3.63) is 35.1 Å². The van der Waals surface area contributed by atoms with Crippen LogP contribution < -0.4 is 5.32 Å². The molecule has 0 radical (unpaired) electrons. The second-order valence-corrected chi connectivity index (χ2v) is 7.81. The zero-order valence-corrected chi connectivity index (χ0v) is 18.0. The number of ketones is 1. The summed E-state index contributed by atoms with van der Waals surface area (Å²) in [4.78, 5) is 35.9. The van der Waals surface area contributed by atoms with Gasteiger partial charge in [0.2, 0.25) is 0 Å². The van der Waals surface area contributed by atoms with Crippen LogP contribution in [0.3, 0.4) is 0 Å². The fraction of sp³-hybridized carbons (Fsp3) is 0.591. The van der Waals surface area contributed by atoms with E-state index in [2.05, 4.69) is 10.1 Å². The highest BCUT2D eigenvalue weighted by Crippen LogP contribution is 2.25. The second kappa shape index (κ2) is 10.6. The van der Waals surface area contributed by atoms with Crippen molar-refractivity contribution < 1.29 is 33.0 Å². The number of Topliss-reactive ketones (excluding diaryl/α,β-unsaturated/α-hetero) is 1. The highest BCUT2D eigenvalue weighted by molar-refractivity contribution is 5.97. The van der Waals surface area contributed by atoms with Gasteiger partial charge in [0.25, 0.3) is 11.7 Å². The number of ether oxygens (including phenoxy) is 3. The molecule has 0 bridgehead atoms. The molecule has 1 amide bonds. The Balaban J connectivity index is 1.76. The van der Waals surface area contributed by atoms with E-state index in [0.717, 1.165) is 19.3 Å². The molecule has 1 saturated heterocycles. The minimum Gasteiger partial charge on any atom is -0.465 e. The van der Waals surface area contributed by atoms with Crippen LogP contribution in [0.4, 0.5) is 4.39 Å². The Bertz CT molecular complexity index is 773. The molecule has 0 aromatic heterocycles. The SMILES string of the molecule is COC(=O)C1(C)OCC(CCCCC(NC(=O)c2ccc(C)c(F)c2)C(C)=O)CO1. The molecule has 0 saturated carbocycles. The molecule has 1 heterocycles. The number of carbonyl (C=O) groups is 3. The topological polar surface area (TPSA) is 90.9 Å². The van der Waals surface area contributed by atoms with Crippen LogP contribution in [0.5, 0.6) is 0 Å². The van der Waals surface area contributed by atoms with Crippen molar-refractivity contribution in [1.29, 1.82) is 0 Å². The van der Waals surface area contributed by atoms with E-state index in [4.69, 9.17) is 9.47 Å². The van der Waals surface area contributed by atoms with Crippen molar-refractivity contribution >= 4 is 17.7 Å². The number of nitrogens with one attached hydrogen (secondary N) is 1. The predicted octanol–water partition coefficient (Wildman–Crippen LogP) is 2.93. The molecule has 1 fully saturated rings. The molecular formula is C22H30FNO6. The van der Waals surface area contributed by atoms with Gasteiger partial charge in [0, 0.05) is 18.4 Å². The van der Waals surface area contributed by atoms with Crippen LogP contribution in [0.1, 0.15) is 55.5 Å². The number of hydrogen-bond donors (Lipinski definition) is 1. The van der Waals surface area contributed by atoms with Gasteiger partial charge in [0.05, 0.1) is 26.4 Å². The van der Waals surface area contributed by atoms with E-state index in [0.29, 0.717) is 25.2 Å². The summed E-state index contributed by atoms with van der Waals surface area (Å²) in [6.45, 7) is 5.36. The maximum absolute atomic E-state index is 13.7. The number of halogens is 1. The summed E-state index contributed by atoms with van der Waals surface area (Å²) in [5.74, 6) is -2.84. The van der Waals surface area contributed by atoms with Gasteiger partial charge in [-0.05, 0) is 44.4 Å². The van der Waals surface area contributed by atoms with Crippen LogP contribution in [-0.2, 0) is 23.8 Å². The number of aryl methyl sites for hydroxylation is 1. The van der Waals surface area contributed by atoms with Gasteiger partial charge in [0.1, 0.15) is 5.82 Å². The Morgan fingerprint density at radius 2 is 1.93 bits per heavy atom. The predicted molar refractivity (Wildman–Crippen MR) is 107 cm³/mol. The Morgan fingerprint density at radius 1 is 1.27 bits per heavy atom. The van der Waals surface area contributed by atoms with Crippen molar-refractivity contribution in [2.45, 2.75) is 58.3 Å². The molecule has 1 unspecified atom stereocenters. The molecular weight excluding hydrogens is 393 g/mol. The van der Waals surface area contributed by atoms with Gasteiger partial charge < -0.3 is 19.5 Å². The molecule has 30 heavy (non-hydrogen) atoms. The summed E-state index contributed by atoms with van der Waals surface area (Å²) in [6, 6.07) is 3.62. The molecule has 166 valence electrons. The average molecular weight is 423 g/mol. The molecule has 7 nitrogen and oxygen atoms in total. The van der Waals surface area contributed by atoms with E-state index < -0.39 is 29.5 Å². The van der Waals surface area contributed by atoms with E-state index in [1.54, 1.807) is 6.92 Å². The lowest BCUT2D eigenvalue weighted by molar-refractivity contribution is -0.272. The molecule has 1 N–H and O–H groups in total. The summed E-state index contributed by atoms with van der Waals surface area (Å²) >= 11 is 0. The molecule has 1 atom stereocenters. The lowest BCUT2D eigenvalue weighted by Crippen LogP contribution is -2.48. The molecule has 0 aliphatic carbocycles. The van der Waals surface area contributed by atoms with Crippen LogP contribution >= 0.6 is 0 Å². The van der Waals surface area contributed by atoms with E-state index >= 15 is 0 Å². The van der Waals surface area contributed by atoms with Gasteiger partial charge in [-0.15, -0.1) is 0 Å². The first-order valence-corrected chi connectivity index (χ1v) is 10.1. The normalized spacial score (nSPS) is 22.2. The zero-order valence-electron chi connectivity index (χ0n) is 18.0. The first-order chi connectivity index (χ1) is 14.2. The van der Waals surface area contributed by atoms with Gasteiger partial charge in [-0.2, -0.15) is 0 Å². The smallest absolute Gasteiger partial charge is 0.366 e. The van der Waals surface area contributed by atoms with Crippen LogP contribution in [0.15, 0.2) is 18.2 Å². The van der Waals surface area contributed by atoms with Crippen molar-refractivity contribution in [1.82, 2.24) is 5.32 Å². The first kappa shape index (κ1) is 24.0. The largest absolute Gasteiger partial charge is 0.465 e. The Morgan fingerprint density at radius 3 is 2.50 bits per heavy atom. The Labute approximate surface area is 176 Å². The van der Waals surface area contributed by atoms with Gasteiger partial charge >= 0.3 is 5.97 Å². The third-order valence-electron chi connectivity index (χ3n) is 5.33. The third-order valence-corrected chi connectivity index (χ3v) is 5.33. The number of carbonyl (C=O) groups excluding carboxylic acids is 3. The number of esters is 1. The molecule has 2 rings (SSSR count). The monoisotopic (exact) mass is 423 g/mol.